The summed E-state index contributed by atoms with van der Waals surface area (Å²) >= 11 is 0. The van der Waals surface area contributed by atoms with E-state index in [9.17, 15) is 0 Å². The lowest BCUT2D eigenvalue weighted by atomic mass is 10.1. The minimum atomic E-state index is 0. The average molecular weight is 523 g/mol. The Labute approximate surface area is 197 Å². The number of aliphatic imine (C=N–C) groups is 1. The number of nitrogens with zero attached hydrogens (tertiary/aromatic N) is 3. The van der Waals surface area contributed by atoms with Crippen molar-refractivity contribution in [1.29, 1.82) is 0 Å². The number of guanidine groups is 1. The Kier molecular flexibility index (Phi) is 10.2. The van der Waals surface area contributed by atoms with Crippen molar-refractivity contribution in [3.8, 4) is 5.75 Å². The lowest BCUT2D eigenvalue weighted by Crippen LogP contribution is -2.49. The summed E-state index contributed by atoms with van der Waals surface area (Å²) in [6.07, 6.45) is 4.91. The minimum absolute atomic E-state index is 0. The molecule has 6 nitrogen and oxygen atoms in total. The normalized spacial score (nSPS) is 14.8. The number of hydrogen-bond acceptors (Lipinski definition) is 4. The number of piperidine rings is 1. The van der Waals surface area contributed by atoms with Gasteiger partial charge < -0.3 is 20.3 Å². The summed E-state index contributed by atoms with van der Waals surface area (Å²) < 4.78 is 5.42. The molecule has 1 aromatic heterocycles. The number of halogens is 1. The van der Waals surface area contributed by atoms with Crippen LogP contribution in [0.5, 0.6) is 5.75 Å². The van der Waals surface area contributed by atoms with Crippen molar-refractivity contribution in [2.45, 2.75) is 39.2 Å². The van der Waals surface area contributed by atoms with Crippen molar-refractivity contribution in [3.05, 3.63) is 53.7 Å². The highest BCUT2D eigenvalue weighted by Gasteiger charge is 2.20. The molecule has 1 aliphatic heterocycles. The van der Waals surface area contributed by atoms with Crippen molar-refractivity contribution < 1.29 is 4.74 Å². The number of hydrogen-bond donors (Lipinski definition) is 2. The van der Waals surface area contributed by atoms with E-state index in [0.717, 1.165) is 68.5 Å². The molecule has 2 aromatic rings. The van der Waals surface area contributed by atoms with Crippen molar-refractivity contribution in [2.75, 3.05) is 38.2 Å². The smallest absolute Gasteiger partial charge is 0.191 e. The summed E-state index contributed by atoms with van der Waals surface area (Å²) in [7, 11) is 1.72. The number of nitrogens with one attached hydrogen (secondary N) is 2. The Bertz CT molecular complexity index is 791. The molecule has 2 heterocycles. The molecule has 3 rings (SSSR count). The van der Waals surface area contributed by atoms with E-state index in [1.54, 1.807) is 7.11 Å². The van der Waals surface area contributed by atoms with Crippen LogP contribution in [-0.2, 0) is 6.42 Å². The molecule has 1 aliphatic rings. The van der Waals surface area contributed by atoms with E-state index in [4.69, 9.17) is 9.73 Å². The number of benzene rings is 1. The largest absolute Gasteiger partial charge is 0.496 e. The van der Waals surface area contributed by atoms with Crippen LogP contribution < -0.4 is 20.3 Å². The van der Waals surface area contributed by atoms with Crippen LogP contribution in [0.25, 0.3) is 0 Å². The predicted octanol–water partition coefficient (Wildman–Crippen LogP) is 3.78. The predicted molar refractivity (Wildman–Crippen MR) is 135 cm³/mol. The van der Waals surface area contributed by atoms with E-state index in [1.807, 2.05) is 18.3 Å². The zero-order valence-corrected chi connectivity index (χ0v) is 20.6. The van der Waals surface area contributed by atoms with Gasteiger partial charge in [-0.15, -0.1) is 24.0 Å². The monoisotopic (exact) mass is 523 g/mol. The quantitative estimate of drug-likeness (QED) is 0.329. The second-order valence-corrected chi connectivity index (χ2v) is 7.41. The first-order valence-corrected chi connectivity index (χ1v) is 10.5. The van der Waals surface area contributed by atoms with Gasteiger partial charge in [0, 0.05) is 38.4 Å². The molecule has 164 valence electrons. The molecule has 0 spiro atoms. The highest BCUT2D eigenvalue weighted by molar-refractivity contribution is 14.0. The van der Waals surface area contributed by atoms with Crippen molar-refractivity contribution in [1.82, 2.24) is 15.6 Å². The van der Waals surface area contributed by atoms with Crippen LogP contribution in [0, 0.1) is 6.92 Å². The number of pyridine rings is 1. The molecule has 0 aliphatic carbocycles. The van der Waals surface area contributed by atoms with Crippen molar-refractivity contribution in [2.24, 2.45) is 4.99 Å². The van der Waals surface area contributed by atoms with Gasteiger partial charge in [-0.05, 0) is 62.4 Å². The number of anilines is 1. The van der Waals surface area contributed by atoms with Crippen LogP contribution in [0.4, 0.5) is 5.82 Å². The Morgan fingerprint density at radius 1 is 1.23 bits per heavy atom. The number of ether oxygens (including phenoxy) is 1. The molecule has 0 atom stereocenters. The van der Waals surface area contributed by atoms with E-state index in [-0.39, 0.29) is 24.0 Å². The zero-order valence-electron chi connectivity index (χ0n) is 18.2. The summed E-state index contributed by atoms with van der Waals surface area (Å²) in [4.78, 5) is 11.6. The maximum atomic E-state index is 5.42. The van der Waals surface area contributed by atoms with Crippen LogP contribution in [0.15, 0.2) is 47.6 Å². The van der Waals surface area contributed by atoms with Gasteiger partial charge in [-0.2, -0.15) is 0 Å². The molecular formula is C23H34IN5O. The van der Waals surface area contributed by atoms with Gasteiger partial charge in [-0.3, -0.25) is 4.99 Å². The lowest BCUT2D eigenvalue weighted by molar-refractivity contribution is 0.411. The first kappa shape index (κ1) is 24.2. The van der Waals surface area contributed by atoms with Crippen LogP contribution in [0.1, 0.15) is 30.9 Å². The van der Waals surface area contributed by atoms with Gasteiger partial charge in [0.1, 0.15) is 11.6 Å². The number of aromatic nitrogens is 1. The van der Waals surface area contributed by atoms with E-state index in [1.165, 1.54) is 5.56 Å². The summed E-state index contributed by atoms with van der Waals surface area (Å²) in [6, 6.07) is 12.9. The van der Waals surface area contributed by atoms with Gasteiger partial charge in [0.05, 0.1) is 7.11 Å². The molecular weight excluding hydrogens is 489 g/mol. The van der Waals surface area contributed by atoms with Gasteiger partial charge in [0.15, 0.2) is 5.96 Å². The summed E-state index contributed by atoms with van der Waals surface area (Å²) in [6.45, 7) is 7.79. The number of rotatable bonds is 7. The Morgan fingerprint density at radius 3 is 2.70 bits per heavy atom. The number of methoxy groups -OCH3 is 1. The molecule has 30 heavy (non-hydrogen) atoms. The van der Waals surface area contributed by atoms with Crippen molar-refractivity contribution >= 4 is 35.8 Å². The van der Waals surface area contributed by atoms with Gasteiger partial charge in [0.25, 0.3) is 0 Å². The first-order chi connectivity index (χ1) is 14.2. The summed E-state index contributed by atoms with van der Waals surface area (Å²) in [5, 5.41) is 6.99. The minimum Gasteiger partial charge on any atom is -0.496 e. The fraction of sp³-hybridized carbons (Fsp3) is 0.478. The molecule has 0 bridgehead atoms. The fourth-order valence-electron chi connectivity index (χ4n) is 3.62. The fourth-order valence-corrected chi connectivity index (χ4v) is 3.62. The van der Waals surface area contributed by atoms with E-state index >= 15 is 0 Å². The highest BCUT2D eigenvalue weighted by Crippen LogP contribution is 2.19. The molecule has 1 fully saturated rings. The SMILES string of the molecule is CCNC(=NCCc1ccc(C)c(OC)c1)NC1CCN(c2ccccn2)CC1.I. The number of aryl methyl sites for hydroxylation is 1. The summed E-state index contributed by atoms with van der Waals surface area (Å²) in [5.74, 6) is 2.92. The molecule has 0 saturated carbocycles. The average Bonchev–Trinajstić information content (AvgIpc) is 2.76. The van der Waals surface area contributed by atoms with Crippen LogP contribution in [-0.4, -0.2) is 50.3 Å². The molecule has 7 heteroatoms. The Hall–Kier alpha value is -2.03. The van der Waals surface area contributed by atoms with Crippen LogP contribution in [0.3, 0.4) is 0 Å². The molecule has 1 aromatic carbocycles. The summed E-state index contributed by atoms with van der Waals surface area (Å²) in [5.41, 5.74) is 2.41. The first-order valence-electron chi connectivity index (χ1n) is 10.5. The van der Waals surface area contributed by atoms with Gasteiger partial charge in [0.2, 0.25) is 0 Å². The zero-order chi connectivity index (χ0) is 20.5. The molecule has 0 radical (unpaired) electrons. The van der Waals surface area contributed by atoms with Crippen LogP contribution in [0.2, 0.25) is 0 Å². The lowest BCUT2D eigenvalue weighted by Gasteiger charge is -2.33. The Morgan fingerprint density at radius 2 is 2.03 bits per heavy atom. The molecule has 1 saturated heterocycles. The van der Waals surface area contributed by atoms with E-state index in [0.29, 0.717) is 6.04 Å². The topological polar surface area (TPSA) is 61.8 Å². The maximum absolute atomic E-state index is 5.42. The van der Waals surface area contributed by atoms with Crippen LogP contribution >= 0.6 is 24.0 Å². The van der Waals surface area contributed by atoms with E-state index < -0.39 is 0 Å². The second kappa shape index (κ2) is 12.6. The van der Waals surface area contributed by atoms with E-state index in [2.05, 4.69) is 58.6 Å². The highest BCUT2D eigenvalue weighted by atomic mass is 127. The second-order valence-electron chi connectivity index (χ2n) is 7.41. The molecule has 2 N–H and O–H groups in total. The van der Waals surface area contributed by atoms with Gasteiger partial charge in [-0.25, -0.2) is 4.98 Å². The third-order valence-electron chi connectivity index (χ3n) is 5.30. The molecule has 0 amide bonds. The third-order valence-corrected chi connectivity index (χ3v) is 5.30. The maximum Gasteiger partial charge on any atom is 0.191 e. The van der Waals surface area contributed by atoms with Gasteiger partial charge >= 0.3 is 0 Å². The third kappa shape index (κ3) is 7.04. The molecule has 0 unspecified atom stereocenters. The Balaban J connectivity index is 0.00000320. The van der Waals surface area contributed by atoms with Gasteiger partial charge in [-0.1, -0.05) is 18.2 Å². The van der Waals surface area contributed by atoms with Crippen molar-refractivity contribution in [3.63, 3.8) is 0 Å². The standard InChI is InChI=1S/C23H33N5O.HI/c1-4-24-23(26-14-10-19-9-8-18(2)21(17-19)29-3)27-20-11-15-28(16-12-20)22-7-5-6-13-25-22;/h5-9,13,17,20H,4,10-12,14-16H2,1-3H3,(H2,24,26,27);1H.